The molecule has 0 aliphatic carbocycles. The van der Waals surface area contributed by atoms with Crippen molar-refractivity contribution in [3.63, 3.8) is 0 Å². The van der Waals surface area contributed by atoms with Crippen LogP contribution in [-0.2, 0) is 6.42 Å². The Kier molecular flexibility index (Phi) is 5.11. The van der Waals surface area contributed by atoms with Gasteiger partial charge in [0, 0.05) is 16.9 Å². The van der Waals surface area contributed by atoms with Crippen molar-refractivity contribution in [1.29, 1.82) is 0 Å². The van der Waals surface area contributed by atoms with E-state index in [1.165, 1.54) is 17.7 Å². The van der Waals surface area contributed by atoms with Gasteiger partial charge < -0.3 is 5.32 Å². The van der Waals surface area contributed by atoms with Gasteiger partial charge >= 0.3 is 0 Å². The molecule has 1 atom stereocenters. The zero-order chi connectivity index (χ0) is 13.7. The number of nitrogens with one attached hydrogen (secondary N) is 1. The standard InChI is InChI=1S/C16H17BrFN/c1-19-11-14(12-6-8-15(18)9-7-12)10-13-4-2-3-5-16(13)17/h2-9,14,19H,10-11H2,1H3. The van der Waals surface area contributed by atoms with Crippen molar-refractivity contribution in [2.45, 2.75) is 12.3 Å². The Hall–Kier alpha value is -1.19. The van der Waals surface area contributed by atoms with Crippen molar-refractivity contribution in [2.75, 3.05) is 13.6 Å². The third kappa shape index (κ3) is 3.88. The minimum Gasteiger partial charge on any atom is -0.319 e. The van der Waals surface area contributed by atoms with E-state index in [1.807, 2.05) is 31.3 Å². The predicted octanol–water partition coefficient (Wildman–Crippen LogP) is 4.13. The molecule has 0 aliphatic rings. The number of halogens is 2. The lowest BCUT2D eigenvalue weighted by atomic mass is 9.92. The molecule has 2 aromatic carbocycles. The first kappa shape index (κ1) is 14.2. The molecule has 0 spiro atoms. The largest absolute Gasteiger partial charge is 0.319 e. The molecule has 0 saturated carbocycles. The summed E-state index contributed by atoms with van der Waals surface area (Å²) in [5.74, 6) is 0.150. The van der Waals surface area contributed by atoms with Crippen LogP contribution in [0.15, 0.2) is 53.0 Å². The number of likely N-dealkylation sites (N-methyl/N-ethyl adjacent to an activating group) is 1. The fraction of sp³-hybridized carbons (Fsp3) is 0.250. The van der Waals surface area contributed by atoms with Crippen molar-refractivity contribution >= 4 is 15.9 Å². The van der Waals surface area contributed by atoms with Crippen molar-refractivity contribution < 1.29 is 4.39 Å². The van der Waals surface area contributed by atoms with Crippen LogP contribution < -0.4 is 5.32 Å². The summed E-state index contributed by atoms with van der Waals surface area (Å²) in [6.45, 7) is 0.868. The smallest absolute Gasteiger partial charge is 0.123 e. The van der Waals surface area contributed by atoms with E-state index in [0.717, 1.165) is 23.0 Å². The summed E-state index contributed by atoms with van der Waals surface area (Å²) < 4.78 is 14.1. The summed E-state index contributed by atoms with van der Waals surface area (Å²) in [4.78, 5) is 0. The van der Waals surface area contributed by atoms with Crippen molar-refractivity contribution in [3.8, 4) is 0 Å². The molecule has 1 nitrogen and oxygen atoms in total. The van der Waals surface area contributed by atoms with Crippen LogP contribution in [-0.4, -0.2) is 13.6 Å². The van der Waals surface area contributed by atoms with Gasteiger partial charge in [-0.15, -0.1) is 0 Å². The first-order chi connectivity index (χ1) is 9.20. The molecule has 19 heavy (non-hydrogen) atoms. The maximum absolute atomic E-state index is 13.0. The van der Waals surface area contributed by atoms with Gasteiger partial charge in [-0.3, -0.25) is 0 Å². The molecular weight excluding hydrogens is 305 g/mol. The fourth-order valence-corrected chi connectivity index (χ4v) is 2.67. The van der Waals surface area contributed by atoms with E-state index in [-0.39, 0.29) is 5.82 Å². The molecular formula is C16H17BrFN. The number of hydrogen-bond donors (Lipinski definition) is 1. The molecule has 0 saturated heterocycles. The fourth-order valence-electron chi connectivity index (χ4n) is 2.22. The molecule has 1 unspecified atom stereocenters. The zero-order valence-electron chi connectivity index (χ0n) is 10.9. The molecule has 0 radical (unpaired) electrons. The topological polar surface area (TPSA) is 12.0 Å². The highest BCUT2D eigenvalue weighted by Gasteiger charge is 2.13. The molecule has 0 amide bonds. The van der Waals surface area contributed by atoms with E-state index >= 15 is 0 Å². The maximum atomic E-state index is 13.0. The van der Waals surface area contributed by atoms with Gasteiger partial charge in [0.15, 0.2) is 0 Å². The first-order valence-corrected chi connectivity index (χ1v) is 7.13. The van der Waals surface area contributed by atoms with Crippen LogP contribution in [0.3, 0.4) is 0 Å². The second-order valence-electron chi connectivity index (χ2n) is 4.60. The lowest BCUT2D eigenvalue weighted by Crippen LogP contribution is -2.19. The van der Waals surface area contributed by atoms with Gasteiger partial charge in [0.05, 0.1) is 0 Å². The summed E-state index contributed by atoms with van der Waals surface area (Å²) in [6, 6.07) is 15.0. The average Bonchev–Trinajstić information content (AvgIpc) is 2.42. The average molecular weight is 322 g/mol. The molecule has 0 bridgehead atoms. The van der Waals surface area contributed by atoms with Crippen molar-refractivity contribution in [3.05, 3.63) is 69.9 Å². The summed E-state index contributed by atoms with van der Waals surface area (Å²) in [7, 11) is 1.94. The van der Waals surface area contributed by atoms with Gasteiger partial charge in [-0.2, -0.15) is 0 Å². The normalized spacial score (nSPS) is 12.4. The van der Waals surface area contributed by atoms with Crippen LogP contribution >= 0.6 is 15.9 Å². The lowest BCUT2D eigenvalue weighted by molar-refractivity contribution is 0.610. The molecule has 0 heterocycles. The van der Waals surface area contributed by atoms with Crippen molar-refractivity contribution in [2.24, 2.45) is 0 Å². The lowest BCUT2D eigenvalue weighted by Gasteiger charge is -2.18. The number of benzene rings is 2. The van der Waals surface area contributed by atoms with E-state index in [4.69, 9.17) is 0 Å². The first-order valence-electron chi connectivity index (χ1n) is 6.34. The molecule has 3 heteroatoms. The van der Waals surface area contributed by atoms with Gasteiger partial charge in [0.25, 0.3) is 0 Å². The highest BCUT2D eigenvalue weighted by atomic mass is 79.9. The van der Waals surface area contributed by atoms with Gasteiger partial charge in [0.1, 0.15) is 5.82 Å². The minimum absolute atomic E-state index is 0.187. The molecule has 2 rings (SSSR count). The van der Waals surface area contributed by atoms with Gasteiger partial charge in [0.2, 0.25) is 0 Å². The third-order valence-electron chi connectivity index (χ3n) is 3.22. The Morgan fingerprint density at radius 1 is 1.11 bits per heavy atom. The highest BCUT2D eigenvalue weighted by molar-refractivity contribution is 9.10. The summed E-state index contributed by atoms with van der Waals surface area (Å²) in [5, 5.41) is 3.21. The predicted molar refractivity (Wildman–Crippen MR) is 80.9 cm³/mol. The van der Waals surface area contributed by atoms with E-state index in [1.54, 1.807) is 0 Å². The van der Waals surface area contributed by atoms with E-state index < -0.39 is 0 Å². The van der Waals surface area contributed by atoms with Crippen LogP contribution in [0.5, 0.6) is 0 Å². The second-order valence-corrected chi connectivity index (χ2v) is 5.46. The maximum Gasteiger partial charge on any atom is 0.123 e. The Balaban J connectivity index is 2.21. The molecule has 1 N–H and O–H groups in total. The SMILES string of the molecule is CNCC(Cc1ccccc1Br)c1ccc(F)cc1. The zero-order valence-corrected chi connectivity index (χ0v) is 12.5. The number of rotatable bonds is 5. The Morgan fingerprint density at radius 3 is 2.42 bits per heavy atom. The molecule has 0 aliphatic heterocycles. The third-order valence-corrected chi connectivity index (χ3v) is 3.99. The van der Waals surface area contributed by atoms with E-state index in [0.29, 0.717) is 5.92 Å². The Bertz CT molecular complexity index is 525. The van der Waals surface area contributed by atoms with Crippen LogP contribution in [0.25, 0.3) is 0 Å². The van der Waals surface area contributed by atoms with E-state index in [9.17, 15) is 4.39 Å². The molecule has 0 aromatic heterocycles. The second kappa shape index (κ2) is 6.83. The Labute approximate surface area is 122 Å². The number of hydrogen-bond acceptors (Lipinski definition) is 1. The highest BCUT2D eigenvalue weighted by Crippen LogP contribution is 2.25. The summed E-state index contributed by atoms with van der Waals surface area (Å²) in [5.41, 5.74) is 2.43. The van der Waals surface area contributed by atoms with E-state index in [2.05, 4.69) is 33.4 Å². The monoisotopic (exact) mass is 321 g/mol. The molecule has 100 valence electrons. The van der Waals surface area contributed by atoms with Crippen molar-refractivity contribution in [1.82, 2.24) is 5.32 Å². The van der Waals surface area contributed by atoms with Gasteiger partial charge in [-0.05, 0) is 42.8 Å². The van der Waals surface area contributed by atoms with Crippen LogP contribution in [0.2, 0.25) is 0 Å². The summed E-state index contributed by atoms with van der Waals surface area (Å²) >= 11 is 3.58. The molecule has 2 aromatic rings. The van der Waals surface area contributed by atoms with Gasteiger partial charge in [-0.1, -0.05) is 46.3 Å². The Morgan fingerprint density at radius 2 is 1.79 bits per heavy atom. The van der Waals surface area contributed by atoms with Crippen LogP contribution in [0.4, 0.5) is 4.39 Å². The van der Waals surface area contributed by atoms with Crippen LogP contribution in [0.1, 0.15) is 17.0 Å². The quantitative estimate of drug-likeness (QED) is 0.873. The van der Waals surface area contributed by atoms with Crippen LogP contribution in [0, 0.1) is 5.82 Å². The van der Waals surface area contributed by atoms with Gasteiger partial charge in [-0.25, -0.2) is 4.39 Å². The molecule has 0 fully saturated rings. The summed E-state index contributed by atoms with van der Waals surface area (Å²) in [6.07, 6.45) is 0.924. The minimum atomic E-state index is -0.187.